The Kier molecular flexibility index (Phi) is 9.76. The monoisotopic (exact) mass is 741 g/mol. The molecular formula is C44H39N9O3. The van der Waals surface area contributed by atoms with Crippen LogP contribution < -0.4 is 25.8 Å². The van der Waals surface area contributed by atoms with E-state index in [1.54, 1.807) is 36.5 Å². The van der Waals surface area contributed by atoms with Crippen LogP contribution in [0.5, 0.6) is 0 Å². The van der Waals surface area contributed by atoms with Gasteiger partial charge in [0, 0.05) is 53.3 Å². The van der Waals surface area contributed by atoms with Crippen LogP contribution in [-0.4, -0.2) is 58.0 Å². The highest BCUT2D eigenvalue weighted by molar-refractivity contribution is 6.20. The Morgan fingerprint density at radius 1 is 0.857 bits per heavy atom. The number of benzodiazepines with no additional fused rings is 1. The number of benzene rings is 4. The maximum absolute atomic E-state index is 13.7. The molecule has 0 saturated heterocycles. The number of pyridine rings is 1. The molecule has 4 aromatic carbocycles. The Labute approximate surface area is 324 Å². The molecule has 2 aliphatic heterocycles. The van der Waals surface area contributed by atoms with Crippen molar-refractivity contribution in [1.82, 2.24) is 15.0 Å². The topological polar surface area (TPSA) is 145 Å². The zero-order chi connectivity index (χ0) is 38.8. The molecule has 3 N–H and O–H groups in total. The molecule has 0 fully saturated rings. The van der Waals surface area contributed by atoms with Crippen LogP contribution in [0, 0.1) is 13.8 Å². The number of aryl methyl sites for hydroxylation is 2. The summed E-state index contributed by atoms with van der Waals surface area (Å²) < 4.78 is 0. The smallest absolute Gasteiger partial charge is 0.330 e. The van der Waals surface area contributed by atoms with E-state index >= 15 is 0 Å². The van der Waals surface area contributed by atoms with Crippen molar-refractivity contribution < 1.29 is 14.4 Å². The fourth-order valence-corrected chi connectivity index (χ4v) is 6.85. The summed E-state index contributed by atoms with van der Waals surface area (Å²) in [7, 11) is 1.69. The summed E-state index contributed by atoms with van der Waals surface area (Å²) in [6, 6.07) is 33.5. The van der Waals surface area contributed by atoms with E-state index in [9.17, 15) is 14.4 Å². The third-order valence-corrected chi connectivity index (χ3v) is 9.89. The summed E-state index contributed by atoms with van der Waals surface area (Å²) in [5, 5.41) is 9.46. The van der Waals surface area contributed by atoms with Gasteiger partial charge in [0.15, 0.2) is 5.78 Å². The van der Waals surface area contributed by atoms with Gasteiger partial charge >= 0.3 is 6.03 Å². The lowest BCUT2D eigenvalue weighted by atomic mass is 9.98. The highest BCUT2D eigenvalue weighted by Crippen LogP contribution is 2.34. The molecular weight excluding hydrogens is 703 g/mol. The van der Waals surface area contributed by atoms with E-state index in [1.807, 2.05) is 111 Å². The molecule has 4 heterocycles. The van der Waals surface area contributed by atoms with Gasteiger partial charge < -0.3 is 16.0 Å². The van der Waals surface area contributed by atoms with Crippen LogP contribution >= 0.6 is 0 Å². The standard InChI is InChI=1S/C44H39N9O3/c1-27-14-17-33(22-38(27)53-26-32-23-47-43(51-41(32)52(3)44(53)56)48-34-18-15-28(2)45-24-34)46-25-39(54)31-16-19-35-36(21-31)50-42(55)37(20-29-10-6-4-7-11-29)49-40(35)30-12-8-5-9-13-30/h4-19,21-24,37,46H,20,25-26H2,1-3H3,(H,50,55)(H,47,48,51)/t37-/m0/s1. The molecule has 2 aromatic heterocycles. The summed E-state index contributed by atoms with van der Waals surface area (Å²) >= 11 is 0. The Hall–Kier alpha value is -7.21. The molecule has 8 rings (SSSR count). The molecule has 0 aliphatic carbocycles. The number of anilines is 6. The highest BCUT2D eigenvalue weighted by Gasteiger charge is 2.32. The first-order valence-electron chi connectivity index (χ1n) is 18.3. The molecule has 12 nitrogen and oxygen atoms in total. The number of rotatable bonds is 10. The predicted octanol–water partition coefficient (Wildman–Crippen LogP) is 7.50. The fraction of sp³-hybridized carbons (Fsp3) is 0.159. The number of hydrogen-bond donors (Lipinski definition) is 3. The third-order valence-electron chi connectivity index (χ3n) is 9.89. The van der Waals surface area contributed by atoms with Crippen molar-refractivity contribution >= 4 is 57.9 Å². The number of nitrogens with one attached hydrogen (secondary N) is 3. The third kappa shape index (κ3) is 7.45. The van der Waals surface area contributed by atoms with Gasteiger partial charge in [-0.15, -0.1) is 0 Å². The normalized spacial score (nSPS) is 14.9. The second-order valence-electron chi connectivity index (χ2n) is 13.9. The van der Waals surface area contributed by atoms with Crippen molar-refractivity contribution in [2.45, 2.75) is 32.9 Å². The van der Waals surface area contributed by atoms with E-state index in [4.69, 9.17) is 4.99 Å². The molecule has 6 aromatic rings. The van der Waals surface area contributed by atoms with Gasteiger partial charge in [-0.3, -0.25) is 29.4 Å². The molecule has 1 atom stereocenters. The number of fused-ring (bicyclic) bond motifs is 2. The SMILES string of the molecule is Cc1ccc(Nc2ncc3c(n2)N(C)C(=O)N(c2cc(NCC(=O)c4ccc5c(c4)NC(=O)[C@H](Cc4ccccc4)N=C5c4ccccc4)ccc2C)C3)cn1. The summed E-state index contributed by atoms with van der Waals surface area (Å²) in [5.41, 5.74) is 8.98. The van der Waals surface area contributed by atoms with E-state index < -0.39 is 6.04 Å². The van der Waals surface area contributed by atoms with E-state index in [1.165, 1.54) is 4.90 Å². The molecule has 3 amide bonds. The average Bonchev–Trinajstić information content (AvgIpc) is 3.35. The Balaban J connectivity index is 0.986. The van der Waals surface area contributed by atoms with E-state index in [0.29, 0.717) is 46.5 Å². The zero-order valence-electron chi connectivity index (χ0n) is 31.2. The summed E-state index contributed by atoms with van der Waals surface area (Å²) in [6.45, 7) is 4.11. The van der Waals surface area contributed by atoms with Crippen molar-refractivity contribution in [1.29, 1.82) is 0 Å². The predicted molar refractivity (Wildman–Crippen MR) is 219 cm³/mol. The van der Waals surface area contributed by atoms with Crippen LogP contribution in [0.4, 0.5) is 39.3 Å². The Bertz CT molecular complexity index is 2490. The first-order chi connectivity index (χ1) is 27.2. The van der Waals surface area contributed by atoms with Gasteiger partial charge in [-0.25, -0.2) is 9.78 Å². The Morgan fingerprint density at radius 2 is 1.62 bits per heavy atom. The lowest BCUT2D eigenvalue weighted by Gasteiger charge is -2.35. The lowest BCUT2D eigenvalue weighted by molar-refractivity contribution is -0.117. The van der Waals surface area contributed by atoms with Crippen LogP contribution in [0.15, 0.2) is 127 Å². The second-order valence-corrected chi connectivity index (χ2v) is 13.9. The molecule has 0 unspecified atom stereocenters. The number of ketones is 1. The minimum absolute atomic E-state index is 0.0116. The number of hydrogen-bond acceptors (Lipinski definition) is 9. The maximum Gasteiger partial charge on any atom is 0.330 e. The maximum atomic E-state index is 13.7. The zero-order valence-corrected chi connectivity index (χ0v) is 31.2. The van der Waals surface area contributed by atoms with Gasteiger partial charge in [-0.1, -0.05) is 72.8 Å². The van der Waals surface area contributed by atoms with Gasteiger partial charge in [0.05, 0.1) is 42.1 Å². The summed E-state index contributed by atoms with van der Waals surface area (Å²) in [6.07, 6.45) is 3.87. The number of urea groups is 1. The summed E-state index contributed by atoms with van der Waals surface area (Å²) in [4.78, 5) is 62.6. The van der Waals surface area contributed by atoms with Crippen molar-refractivity contribution in [3.63, 3.8) is 0 Å². The average molecular weight is 742 g/mol. The lowest BCUT2D eigenvalue weighted by Crippen LogP contribution is -2.46. The summed E-state index contributed by atoms with van der Waals surface area (Å²) in [5.74, 6) is 0.480. The van der Waals surface area contributed by atoms with E-state index in [0.717, 1.165) is 39.2 Å². The van der Waals surface area contributed by atoms with Gasteiger partial charge in [0.25, 0.3) is 0 Å². The van der Waals surface area contributed by atoms with Crippen molar-refractivity contribution in [2.75, 3.05) is 39.3 Å². The number of nitrogens with zero attached hydrogens (tertiary/aromatic N) is 6. The molecule has 0 bridgehead atoms. The molecule has 278 valence electrons. The number of aromatic nitrogens is 3. The number of Topliss-reactive ketones (excluding diaryl/α,β-unsaturated/α-hetero) is 1. The van der Waals surface area contributed by atoms with E-state index in [2.05, 4.69) is 30.9 Å². The molecule has 2 aliphatic rings. The minimum atomic E-state index is -0.652. The molecule has 0 saturated carbocycles. The Morgan fingerprint density at radius 3 is 2.39 bits per heavy atom. The largest absolute Gasteiger partial charge is 0.378 e. The van der Waals surface area contributed by atoms with Crippen molar-refractivity contribution in [3.8, 4) is 0 Å². The molecule has 56 heavy (non-hydrogen) atoms. The number of carbonyl (C=O) groups excluding carboxylic acids is 3. The van der Waals surface area contributed by atoms with Crippen LogP contribution in [0.3, 0.4) is 0 Å². The molecule has 0 spiro atoms. The molecule has 12 heteroatoms. The quantitative estimate of drug-likeness (QED) is 0.123. The first-order valence-corrected chi connectivity index (χ1v) is 18.3. The van der Waals surface area contributed by atoms with Crippen LogP contribution in [-0.2, 0) is 17.8 Å². The number of carbonyl (C=O) groups is 3. The van der Waals surface area contributed by atoms with Gasteiger partial charge in [0.1, 0.15) is 11.9 Å². The highest BCUT2D eigenvalue weighted by atomic mass is 16.2. The van der Waals surface area contributed by atoms with Crippen LogP contribution in [0.1, 0.15) is 43.9 Å². The minimum Gasteiger partial charge on any atom is -0.378 e. The first kappa shape index (κ1) is 35.8. The molecule has 0 radical (unpaired) electrons. The van der Waals surface area contributed by atoms with Gasteiger partial charge in [-0.2, -0.15) is 4.98 Å². The van der Waals surface area contributed by atoms with Gasteiger partial charge in [0.2, 0.25) is 11.9 Å². The fourth-order valence-electron chi connectivity index (χ4n) is 6.85. The van der Waals surface area contributed by atoms with Gasteiger partial charge in [-0.05, 0) is 61.4 Å². The number of aliphatic imine (C=N–C) groups is 1. The van der Waals surface area contributed by atoms with Crippen LogP contribution in [0.2, 0.25) is 0 Å². The van der Waals surface area contributed by atoms with E-state index in [-0.39, 0.29) is 30.8 Å². The van der Waals surface area contributed by atoms with Crippen molar-refractivity contribution in [3.05, 3.63) is 161 Å². The van der Waals surface area contributed by atoms with Crippen LogP contribution in [0.25, 0.3) is 0 Å². The second kappa shape index (κ2) is 15.3. The van der Waals surface area contributed by atoms with Crippen molar-refractivity contribution in [2.24, 2.45) is 4.99 Å². The number of amides is 3.